The Morgan fingerprint density at radius 3 is 1.82 bits per heavy atom. The van der Waals surface area contributed by atoms with E-state index >= 15 is 0 Å². The van der Waals surface area contributed by atoms with Gasteiger partial charge in [-0.2, -0.15) is 0 Å². The van der Waals surface area contributed by atoms with Gasteiger partial charge in [-0.05, 0) is 70.2 Å². The molecule has 0 spiro atoms. The standard InChI is InChI=1S/C11H10I2O4/c1-4-6(10(14)15)7(11(16)17-3)5(2)9(13)8(4)12/h1-3H3,(H,14,15). The summed E-state index contributed by atoms with van der Waals surface area (Å²) in [6, 6.07) is 0. The van der Waals surface area contributed by atoms with E-state index in [-0.39, 0.29) is 11.1 Å². The summed E-state index contributed by atoms with van der Waals surface area (Å²) in [6.07, 6.45) is 0. The van der Waals surface area contributed by atoms with E-state index in [0.29, 0.717) is 11.1 Å². The average molecular weight is 460 g/mol. The van der Waals surface area contributed by atoms with Crippen LogP contribution in [0.4, 0.5) is 0 Å². The highest BCUT2D eigenvalue weighted by Gasteiger charge is 2.26. The van der Waals surface area contributed by atoms with Crippen molar-refractivity contribution in [2.24, 2.45) is 0 Å². The van der Waals surface area contributed by atoms with Crippen molar-refractivity contribution in [3.8, 4) is 0 Å². The molecule has 0 heterocycles. The molecule has 1 aromatic rings. The van der Waals surface area contributed by atoms with Gasteiger partial charge in [0.2, 0.25) is 0 Å². The minimum atomic E-state index is -1.11. The van der Waals surface area contributed by atoms with Gasteiger partial charge in [-0.15, -0.1) is 0 Å². The average Bonchev–Trinajstić information content (AvgIpc) is 2.29. The highest BCUT2D eigenvalue weighted by Crippen LogP contribution is 2.30. The monoisotopic (exact) mass is 460 g/mol. The lowest BCUT2D eigenvalue weighted by molar-refractivity contribution is 0.0581. The number of hydrogen-bond acceptors (Lipinski definition) is 3. The van der Waals surface area contributed by atoms with E-state index in [1.165, 1.54) is 7.11 Å². The van der Waals surface area contributed by atoms with Crippen molar-refractivity contribution in [1.29, 1.82) is 0 Å². The molecular formula is C11H10I2O4. The van der Waals surface area contributed by atoms with Gasteiger partial charge in [0.15, 0.2) is 0 Å². The number of ether oxygens (including phenoxy) is 1. The van der Waals surface area contributed by atoms with E-state index in [9.17, 15) is 14.7 Å². The number of halogens is 2. The van der Waals surface area contributed by atoms with E-state index in [1.54, 1.807) is 13.8 Å². The quantitative estimate of drug-likeness (QED) is 0.545. The molecule has 0 aliphatic heterocycles. The molecule has 1 N–H and O–H groups in total. The van der Waals surface area contributed by atoms with Gasteiger partial charge in [-0.3, -0.25) is 0 Å². The molecule has 6 heteroatoms. The molecule has 0 radical (unpaired) electrons. The van der Waals surface area contributed by atoms with Crippen LogP contribution in [0.25, 0.3) is 0 Å². The molecule has 1 aromatic carbocycles. The van der Waals surface area contributed by atoms with Crippen LogP contribution in [0.15, 0.2) is 0 Å². The number of carboxylic acids is 1. The summed E-state index contributed by atoms with van der Waals surface area (Å²) < 4.78 is 6.38. The summed E-state index contributed by atoms with van der Waals surface area (Å²) in [5.74, 6) is -1.72. The zero-order valence-corrected chi connectivity index (χ0v) is 13.7. The molecule has 0 aromatic heterocycles. The predicted octanol–water partition coefficient (Wildman–Crippen LogP) is 3.00. The highest BCUT2D eigenvalue weighted by atomic mass is 127. The van der Waals surface area contributed by atoms with Crippen molar-refractivity contribution in [2.45, 2.75) is 13.8 Å². The Kier molecular flexibility index (Phi) is 4.76. The topological polar surface area (TPSA) is 63.6 Å². The predicted molar refractivity (Wildman–Crippen MR) is 79.6 cm³/mol. The zero-order valence-electron chi connectivity index (χ0n) is 9.43. The minimum absolute atomic E-state index is 0.0270. The Bertz CT molecular complexity index is 509. The van der Waals surface area contributed by atoms with Crippen LogP contribution >= 0.6 is 45.2 Å². The third-order valence-corrected chi connectivity index (χ3v) is 6.18. The molecule has 0 saturated carbocycles. The molecule has 0 amide bonds. The molecule has 0 unspecified atom stereocenters. The minimum Gasteiger partial charge on any atom is -0.478 e. The van der Waals surface area contributed by atoms with Crippen LogP contribution in [0.1, 0.15) is 31.8 Å². The van der Waals surface area contributed by atoms with Crippen molar-refractivity contribution in [3.05, 3.63) is 29.4 Å². The molecule has 0 fully saturated rings. The van der Waals surface area contributed by atoms with E-state index in [2.05, 4.69) is 49.9 Å². The van der Waals surface area contributed by atoms with E-state index in [0.717, 1.165) is 7.14 Å². The van der Waals surface area contributed by atoms with E-state index in [4.69, 9.17) is 0 Å². The number of benzene rings is 1. The maximum atomic E-state index is 11.7. The summed E-state index contributed by atoms with van der Waals surface area (Å²) >= 11 is 4.18. The van der Waals surface area contributed by atoms with Crippen LogP contribution in [0.3, 0.4) is 0 Å². The lowest BCUT2D eigenvalue weighted by Crippen LogP contribution is -2.16. The molecule has 4 nitrogen and oxygen atoms in total. The number of rotatable bonds is 2. The van der Waals surface area contributed by atoms with Crippen molar-refractivity contribution in [3.63, 3.8) is 0 Å². The van der Waals surface area contributed by atoms with Gasteiger partial charge in [0, 0.05) is 7.14 Å². The molecule has 0 atom stereocenters. The van der Waals surface area contributed by atoms with Gasteiger partial charge in [-0.1, -0.05) is 0 Å². The van der Waals surface area contributed by atoms with Crippen LogP contribution < -0.4 is 0 Å². The van der Waals surface area contributed by atoms with Crippen molar-refractivity contribution < 1.29 is 19.4 Å². The largest absolute Gasteiger partial charge is 0.478 e. The normalized spacial score (nSPS) is 10.2. The van der Waals surface area contributed by atoms with Crippen molar-refractivity contribution in [2.75, 3.05) is 7.11 Å². The maximum absolute atomic E-state index is 11.7. The second kappa shape index (κ2) is 5.51. The molecule has 0 aliphatic rings. The third-order valence-electron chi connectivity index (χ3n) is 2.45. The number of aromatic carboxylic acids is 1. The van der Waals surface area contributed by atoms with Gasteiger partial charge in [0.05, 0.1) is 18.2 Å². The Hall–Kier alpha value is -0.380. The lowest BCUT2D eigenvalue weighted by atomic mass is 9.97. The molecule has 0 bridgehead atoms. The molecular weight excluding hydrogens is 450 g/mol. The summed E-state index contributed by atoms with van der Waals surface area (Å²) in [4.78, 5) is 22.9. The van der Waals surface area contributed by atoms with Crippen LogP contribution in [0, 0.1) is 21.0 Å². The first-order valence-corrected chi connectivity index (χ1v) is 6.78. The number of hydrogen-bond donors (Lipinski definition) is 1. The van der Waals surface area contributed by atoms with Crippen molar-refractivity contribution >= 4 is 57.1 Å². The Balaban J connectivity index is 3.78. The fourth-order valence-electron chi connectivity index (χ4n) is 1.55. The first-order chi connectivity index (χ1) is 7.82. The van der Waals surface area contributed by atoms with E-state index in [1.807, 2.05) is 0 Å². The summed E-state index contributed by atoms with van der Waals surface area (Å²) in [7, 11) is 1.24. The van der Waals surface area contributed by atoms with Crippen LogP contribution in [0.5, 0.6) is 0 Å². The fourth-order valence-corrected chi connectivity index (χ4v) is 2.90. The van der Waals surface area contributed by atoms with Gasteiger partial charge in [-0.25, -0.2) is 9.59 Å². The summed E-state index contributed by atoms with van der Waals surface area (Å²) in [5.41, 5.74) is 1.40. The second-order valence-electron chi connectivity index (χ2n) is 3.42. The first-order valence-electron chi connectivity index (χ1n) is 4.62. The van der Waals surface area contributed by atoms with Gasteiger partial charge in [0.25, 0.3) is 0 Å². The zero-order chi connectivity index (χ0) is 13.3. The summed E-state index contributed by atoms with van der Waals surface area (Å²) in [6.45, 7) is 3.42. The molecule has 92 valence electrons. The third kappa shape index (κ3) is 2.56. The smallest absolute Gasteiger partial charge is 0.339 e. The maximum Gasteiger partial charge on any atom is 0.339 e. The molecule has 0 saturated heterocycles. The van der Waals surface area contributed by atoms with Crippen molar-refractivity contribution in [1.82, 2.24) is 0 Å². The molecule has 0 aliphatic carbocycles. The number of carboxylic acid groups (broad SMARTS) is 1. The molecule has 1 rings (SSSR count). The fraction of sp³-hybridized carbons (Fsp3) is 0.273. The van der Waals surface area contributed by atoms with Gasteiger partial charge in [0.1, 0.15) is 0 Å². The highest BCUT2D eigenvalue weighted by molar-refractivity contribution is 14.1. The van der Waals surface area contributed by atoms with Gasteiger partial charge < -0.3 is 9.84 Å². The Morgan fingerprint density at radius 2 is 1.47 bits per heavy atom. The number of carbonyl (C=O) groups excluding carboxylic acids is 1. The Labute approximate surface area is 126 Å². The molecule has 17 heavy (non-hydrogen) atoms. The number of carbonyl (C=O) groups is 2. The lowest BCUT2D eigenvalue weighted by Gasteiger charge is -2.14. The summed E-state index contributed by atoms with van der Waals surface area (Å²) in [5, 5.41) is 9.22. The number of esters is 1. The van der Waals surface area contributed by atoms with Crippen LogP contribution in [-0.4, -0.2) is 24.2 Å². The van der Waals surface area contributed by atoms with Gasteiger partial charge >= 0.3 is 11.9 Å². The first kappa shape index (κ1) is 14.7. The van der Waals surface area contributed by atoms with E-state index < -0.39 is 11.9 Å². The second-order valence-corrected chi connectivity index (χ2v) is 5.58. The Morgan fingerprint density at radius 1 is 1.06 bits per heavy atom. The number of methoxy groups -OCH3 is 1. The van der Waals surface area contributed by atoms with Crippen LogP contribution in [0.2, 0.25) is 0 Å². The van der Waals surface area contributed by atoms with Crippen LogP contribution in [-0.2, 0) is 4.74 Å². The SMILES string of the molecule is COC(=O)c1c(C)c(I)c(I)c(C)c1C(=O)O.